The standard InChI is InChI=1S/C11H16N6O/c1-7(12)3-5-13-10(18)9-15-11-14-6-4-8(2)17(11)16-9/h4,6-7H,3,5,12H2,1-2H3,(H,13,18). The lowest BCUT2D eigenvalue weighted by molar-refractivity contribution is 0.0942. The van der Waals surface area contributed by atoms with Crippen molar-refractivity contribution < 1.29 is 4.79 Å². The minimum Gasteiger partial charge on any atom is -0.349 e. The molecule has 0 aliphatic rings. The lowest BCUT2D eigenvalue weighted by Crippen LogP contribution is -2.29. The van der Waals surface area contributed by atoms with Crippen LogP contribution >= 0.6 is 0 Å². The number of nitrogens with two attached hydrogens (primary N) is 1. The van der Waals surface area contributed by atoms with Gasteiger partial charge in [-0.2, -0.15) is 4.98 Å². The van der Waals surface area contributed by atoms with Crippen molar-refractivity contribution in [2.75, 3.05) is 6.54 Å². The molecule has 2 aromatic rings. The van der Waals surface area contributed by atoms with E-state index in [0.717, 1.165) is 12.1 Å². The molecule has 96 valence electrons. The molecule has 0 aliphatic heterocycles. The van der Waals surface area contributed by atoms with E-state index in [1.165, 1.54) is 0 Å². The molecular formula is C11H16N6O. The smallest absolute Gasteiger partial charge is 0.291 e. The summed E-state index contributed by atoms with van der Waals surface area (Å²) in [5, 5.41) is 6.84. The molecule has 0 spiro atoms. The quantitative estimate of drug-likeness (QED) is 0.787. The highest BCUT2D eigenvalue weighted by Gasteiger charge is 2.13. The van der Waals surface area contributed by atoms with Gasteiger partial charge in [0.2, 0.25) is 5.82 Å². The SMILES string of the molecule is Cc1ccnc2nc(C(=O)NCCC(C)N)nn12. The number of rotatable bonds is 4. The molecule has 7 nitrogen and oxygen atoms in total. The zero-order valence-corrected chi connectivity index (χ0v) is 10.4. The first-order valence-electron chi connectivity index (χ1n) is 5.80. The summed E-state index contributed by atoms with van der Waals surface area (Å²) >= 11 is 0. The summed E-state index contributed by atoms with van der Waals surface area (Å²) in [6, 6.07) is 1.86. The van der Waals surface area contributed by atoms with Crippen LogP contribution in [0.15, 0.2) is 12.3 Å². The van der Waals surface area contributed by atoms with Gasteiger partial charge < -0.3 is 11.1 Å². The third-order valence-corrected chi connectivity index (χ3v) is 2.52. The van der Waals surface area contributed by atoms with Crippen molar-refractivity contribution in [1.29, 1.82) is 0 Å². The second-order valence-corrected chi connectivity index (χ2v) is 4.26. The molecule has 1 atom stereocenters. The Balaban J connectivity index is 2.11. The summed E-state index contributed by atoms with van der Waals surface area (Å²) < 4.78 is 1.54. The van der Waals surface area contributed by atoms with E-state index < -0.39 is 0 Å². The van der Waals surface area contributed by atoms with Gasteiger partial charge in [-0.3, -0.25) is 4.79 Å². The minimum absolute atomic E-state index is 0.0586. The molecule has 0 radical (unpaired) electrons. The summed E-state index contributed by atoms with van der Waals surface area (Å²) in [6.45, 7) is 4.28. The van der Waals surface area contributed by atoms with Crippen molar-refractivity contribution in [3.05, 3.63) is 23.8 Å². The van der Waals surface area contributed by atoms with Crippen LogP contribution < -0.4 is 11.1 Å². The number of amides is 1. The fourth-order valence-corrected chi connectivity index (χ4v) is 1.50. The van der Waals surface area contributed by atoms with Crippen LogP contribution in [0.3, 0.4) is 0 Å². The van der Waals surface area contributed by atoms with Crippen molar-refractivity contribution in [3.63, 3.8) is 0 Å². The number of carbonyl (C=O) groups excluding carboxylic acids is 1. The average molecular weight is 248 g/mol. The van der Waals surface area contributed by atoms with Crippen molar-refractivity contribution >= 4 is 11.7 Å². The van der Waals surface area contributed by atoms with Gasteiger partial charge in [-0.1, -0.05) is 0 Å². The van der Waals surface area contributed by atoms with Gasteiger partial charge in [0.1, 0.15) is 0 Å². The molecule has 2 rings (SSSR count). The monoisotopic (exact) mass is 248 g/mol. The van der Waals surface area contributed by atoms with Crippen LogP contribution in [0.25, 0.3) is 5.78 Å². The van der Waals surface area contributed by atoms with Crippen LogP contribution in [-0.2, 0) is 0 Å². The van der Waals surface area contributed by atoms with E-state index in [4.69, 9.17) is 5.73 Å². The summed E-state index contributed by atoms with van der Waals surface area (Å²) in [5.74, 6) is 0.245. The maximum Gasteiger partial charge on any atom is 0.291 e. The van der Waals surface area contributed by atoms with Crippen LogP contribution in [0.4, 0.5) is 0 Å². The van der Waals surface area contributed by atoms with E-state index in [9.17, 15) is 4.79 Å². The molecular weight excluding hydrogens is 232 g/mol. The predicted molar refractivity (Wildman–Crippen MR) is 66.1 cm³/mol. The van der Waals surface area contributed by atoms with Crippen LogP contribution in [0, 0.1) is 6.92 Å². The molecule has 2 heterocycles. The van der Waals surface area contributed by atoms with Crippen LogP contribution in [0.5, 0.6) is 0 Å². The topological polar surface area (TPSA) is 98.2 Å². The third-order valence-electron chi connectivity index (χ3n) is 2.52. The summed E-state index contributed by atoms with van der Waals surface area (Å²) in [6.07, 6.45) is 2.35. The zero-order chi connectivity index (χ0) is 13.1. The molecule has 1 unspecified atom stereocenters. The van der Waals surface area contributed by atoms with Gasteiger partial charge in [0, 0.05) is 24.5 Å². The number of nitrogens with zero attached hydrogens (tertiary/aromatic N) is 4. The maximum atomic E-state index is 11.8. The Labute approximate surface area is 104 Å². The Morgan fingerprint density at radius 1 is 1.61 bits per heavy atom. The highest BCUT2D eigenvalue weighted by Crippen LogP contribution is 2.01. The number of aryl methyl sites for hydroxylation is 1. The molecule has 0 bridgehead atoms. The van der Waals surface area contributed by atoms with E-state index in [1.54, 1.807) is 16.8 Å². The third kappa shape index (κ3) is 2.62. The Morgan fingerprint density at radius 2 is 2.39 bits per heavy atom. The lowest BCUT2D eigenvalue weighted by atomic mass is 10.2. The van der Waals surface area contributed by atoms with Crippen LogP contribution in [-0.4, -0.2) is 38.1 Å². The fourth-order valence-electron chi connectivity index (χ4n) is 1.50. The first-order valence-corrected chi connectivity index (χ1v) is 5.80. The van der Waals surface area contributed by atoms with Gasteiger partial charge in [-0.25, -0.2) is 9.50 Å². The van der Waals surface area contributed by atoms with E-state index in [-0.39, 0.29) is 17.8 Å². The molecule has 7 heteroatoms. The molecule has 18 heavy (non-hydrogen) atoms. The Kier molecular flexibility index (Phi) is 3.52. The molecule has 2 aromatic heterocycles. The molecule has 1 amide bonds. The van der Waals surface area contributed by atoms with Crippen molar-refractivity contribution in [2.24, 2.45) is 5.73 Å². The molecule has 0 aliphatic carbocycles. The van der Waals surface area contributed by atoms with Gasteiger partial charge >= 0.3 is 0 Å². The van der Waals surface area contributed by atoms with Gasteiger partial charge in [0.15, 0.2) is 0 Å². The number of fused-ring (bicyclic) bond motifs is 1. The number of carbonyl (C=O) groups is 1. The largest absolute Gasteiger partial charge is 0.349 e. The number of hydrogen-bond acceptors (Lipinski definition) is 5. The van der Waals surface area contributed by atoms with Gasteiger partial charge in [-0.15, -0.1) is 5.10 Å². The summed E-state index contributed by atoms with van der Waals surface area (Å²) in [7, 11) is 0. The minimum atomic E-state index is -0.305. The van der Waals surface area contributed by atoms with E-state index in [1.807, 2.05) is 13.8 Å². The highest BCUT2D eigenvalue weighted by atomic mass is 16.2. The molecule has 0 saturated carbocycles. The molecule has 3 N–H and O–H groups in total. The highest BCUT2D eigenvalue weighted by molar-refractivity contribution is 5.90. The van der Waals surface area contributed by atoms with Gasteiger partial charge in [0.25, 0.3) is 11.7 Å². The Bertz CT molecular complexity index is 562. The van der Waals surface area contributed by atoms with E-state index in [2.05, 4.69) is 20.4 Å². The van der Waals surface area contributed by atoms with Crippen LogP contribution in [0.1, 0.15) is 29.7 Å². The fraction of sp³-hybridized carbons (Fsp3) is 0.455. The first-order chi connectivity index (χ1) is 8.58. The molecule has 0 aromatic carbocycles. The Hall–Kier alpha value is -2.02. The van der Waals surface area contributed by atoms with Crippen LogP contribution in [0.2, 0.25) is 0 Å². The lowest BCUT2D eigenvalue weighted by Gasteiger charge is -2.04. The normalized spacial score (nSPS) is 12.6. The second-order valence-electron chi connectivity index (χ2n) is 4.26. The van der Waals surface area contributed by atoms with Gasteiger partial charge in [-0.05, 0) is 26.3 Å². The second kappa shape index (κ2) is 5.09. The van der Waals surface area contributed by atoms with E-state index in [0.29, 0.717) is 12.3 Å². The number of aromatic nitrogens is 4. The predicted octanol–water partition coefficient (Wildman–Crippen LogP) is -0.100. The average Bonchev–Trinajstić information content (AvgIpc) is 2.74. The van der Waals surface area contributed by atoms with Crippen molar-refractivity contribution in [3.8, 4) is 0 Å². The maximum absolute atomic E-state index is 11.8. The molecule has 0 saturated heterocycles. The summed E-state index contributed by atoms with van der Waals surface area (Å²) in [4.78, 5) is 19.9. The van der Waals surface area contributed by atoms with Gasteiger partial charge in [0.05, 0.1) is 0 Å². The van der Waals surface area contributed by atoms with Crippen molar-refractivity contribution in [2.45, 2.75) is 26.3 Å². The number of nitrogens with one attached hydrogen (secondary N) is 1. The first kappa shape index (κ1) is 12.4. The number of hydrogen-bond donors (Lipinski definition) is 2. The summed E-state index contributed by atoms with van der Waals surface area (Å²) in [5.41, 5.74) is 6.48. The Morgan fingerprint density at radius 3 is 3.06 bits per heavy atom. The zero-order valence-electron chi connectivity index (χ0n) is 10.4. The molecule has 0 fully saturated rings. The van der Waals surface area contributed by atoms with Crippen molar-refractivity contribution in [1.82, 2.24) is 24.9 Å². The van der Waals surface area contributed by atoms with E-state index >= 15 is 0 Å².